The van der Waals surface area contributed by atoms with E-state index in [1.807, 2.05) is 0 Å². The number of methoxy groups -OCH3 is 1. The highest BCUT2D eigenvalue weighted by Gasteiger charge is 2.38. The van der Waals surface area contributed by atoms with E-state index in [2.05, 4.69) is 10.3 Å². The molecule has 0 bridgehead atoms. The summed E-state index contributed by atoms with van der Waals surface area (Å²) in [6.45, 7) is 0.582. The molecule has 0 aliphatic carbocycles. The summed E-state index contributed by atoms with van der Waals surface area (Å²) in [5.41, 5.74) is 0. The zero-order chi connectivity index (χ0) is 15.0. The lowest BCUT2D eigenvalue weighted by molar-refractivity contribution is 0.189. The van der Waals surface area contributed by atoms with Gasteiger partial charge in [0.05, 0.1) is 24.2 Å². The molecule has 0 atom stereocenters. The highest BCUT2D eigenvalue weighted by Crippen LogP contribution is 2.29. The minimum Gasteiger partial charge on any atom is -0.494 e. The average molecular weight is 312 g/mol. The zero-order valence-electron chi connectivity index (χ0n) is 11.2. The van der Waals surface area contributed by atoms with Crippen molar-refractivity contribution in [2.75, 3.05) is 20.2 Å². The number of nitrogens with zero attached hydrogens (tertiary/aromatic N) is 4. The zero-order valence-corrected chi connectivity index (χ0v) is 12.0. The largest absolute Gasteiger partial charge is 0.494 e. The molecular weight excluding hydrogens is 299 g/mol. The van der Waals surface area contributed by atoms with Crippen molar-refractivity contribution in [3.63, 3.8) is 0 Å². The van der Waals surface area contributed by atoms with Gasteiger partial charge in [-0.25, -0.2) is 17.5 Å². The van der Waals surface area contributed by atoms with Crippen LogP contribution in [0.1, 0.15) is 6.04 Å². The topological polar surface area (TPSA) is 77.3 Å². The Hall–Kier alpha value is -2.00. The van der Waals surface area contributed by atoms with Crippen molar-refractivity contribution in [3.05, 3.63) is 36.4 Å². The maximum absolute atomic E-state index is 13.6. The third kappa shape index (κ3) is 2.38. The minimum atomic E-state index is -3.70. The molecule has 0 unspecified atom stereocenters. The van der Waals surface area contributed by atoms with Crippen LogP contribution in [0.4, 0.5) is 4.39 Å². The van der Waals surface area contributed by atoms with Gasteiger partial charge in [0.2, 0.25) is 10.0 Å². The molecule has 21 heavy (non-hydrogen) atoms. The van der Waals surface area contributed by atoms with Crippen molar-refractivity contribution >= 4 is 10.0 Å². The van der Waals surface area contributed by atoms with E-state index >= 15 is 0 Å². The van der Waals surface area contributed by atoms with Gasteiger partial charge in [0.1, 0.15) is 0 Å². The van der Waals surface area contributed by atoms with Crippen molar-refractivity contribution in [2.24, 2.45) is 0 Å². The second-order valence-corrected chi connectivity index (χ2v) is 6.59. The summed E-state index contributed by atoms with van der Waals surface area (Å²) in [6.07, 6.45) is 3.22. The summed E-state index contributed by atoms with van der Waals surface area (Å²) in [7, 11) is -2.37. The van der Waals surface area contributed by atoms with Gasteiger partial charge in [0, 0.05) is 19.3 Å². The van der Waals surface area contributed by atoms with E-state index < -0.39 is 15.8 Å². The number of hydrogen-bond donors (Lipinski definition) is 0. The second-order valence-electron chi connectivity index (χ2n) is 4.66. The Morgan fingerprint density at radius 2 is 2.14 bits per heavy atom. The highest BCUT2D eigenvalue weighted by atomic mass is 32.2. The van der Waals surface area contributed by atoms with Gasteiger partial charge in [-0.1, -0.05) is 5.21 Å². The molecule has 112 valence electrons. The number of benzene rings is 1. The van der Waals surface area contributed by atoms with Crippen LogP contribution in [0.15, 0.2) is 35.5 Å². The Morgan fingerprint density at radius 3 is 2.71 bits per heavy atom. The van der Waals surface area contributed by atoms with Crippen LogP contribution < -0.4 is 4.74 Å². The van der Waals surface area contributed by atoms with Crippen LogP contribution in [0.2, 0.25) is 0 Å². The summed E-state index contributed by atoms with van der Waals surface area (Å²) < 4.78 is 46.0. The molecule has 0 spiro atoms. The molecular formula is C12H13FN4O3S. The van der Waals surface area contributed by atoms with Crippen LogP contribution in [0.3, 0.4) is 0 Å². The molecule has 0 radical (unpaired) electrons. The molecule has 1 saturated heterocycles. The summed E-state index contributed by atoms with van der Waals surface area (Å²) in [5.74, 6) is -0.690. The highest BCUT2D eigenvalue weighted by molar-refractivity contribution is 7.89. The monoisotopic (exact) mass is 312 g/mol. The van der Waals surface area contributed by atoms with Crippen LogP contribution in [-0.4, -0.2) is 47.9 Å². The van der Waals surface area contributed by atoms with Crippen molar-refractivity contribution in [2.45, 2.75) is 10.9 Å². The first-order chi connectivity index (χ1) is 10.0. The van der Waals surface area contributed by atoms with Crippen LogP contribution in [0.5, 0.6) is 5.75 Å². The molecule has 7 nitrogen and oxygen atoms in total. The van der Waals surface area contributed by atoms with Gasteiger partial charge in [-0.15, -0.1) is 5.10 Å². The molecule has 9 heteroatoms. The number of aromatic nitrogens is 3. The van der Waals surface area contributed by atoms with Crippen molar-refractivity contribution in [3.8, 4) is 5.75 Å². The number of ether oxygens (including phenoxy) is 1. The lowest BCUT2D eigenvalue weighted by Gasteiger charge is -2.37. The van der Waals surface area contributed by atoms with Gasteiger partial charge < -0.3 is 4.74 Å². The quantitative estimate of drug-likeness (QED) is 0.829. The molecule has 1 fully saturated rings. The van der Waals surface area contributed by atoms with Crippen LogP contribution in [-0.2, 0) is 10.0 Å². The molecule has 0 saturated carbocycles. The molecule has 2 aromatic rings. The summed E-state index contributed by atoms with van der Waals surface area (Å²) in [6, 6.07) is 3.57. The maximum Gasteiger partial charge on any atom is 0.243 e. The van der Waals surface area contributed by atoms with E-state index in [9.17, 15) is 12.8 Å². The summed E-state index contributed by atoms with van der Waals surface area (Å²) in [5, 5.41) is 7.52. The molecule has 2 heterocycles. The normalized spacial score (nSPS) is 16.7. The average Bonchev–Trinajstić information content (AvgIpc) is 2.90. The van der Waals surface area contributed by atoms with Crippen molar-refractivity contribution < 1.29 is 17.5 Å². The first-order valence-corrected chi connectivity index (χ1v) is 7.66. The first-order valence-electron chi connectivity index (χ1n) is 6.22. The molecule has 0 N–H and O–H groups in total. The standard InChI is InChI=1S/C12H13FN4O3S/c1-20-12-3-2-10(6-11(12)13)21(18,19)16-7-9(8-16)17-5-4-14-15-17/h2-6,9H,7-8H2,1H3. The smallest absolute Gasteiger partial charge is 0.243 e. The molecule has 0 amide bonds. The maximum atomic E-state index is 13.6. The molecule has 1 aliphatic rings. The van der Waals surface area contributed by atoms with Crippen molar-refractivity contribution in [1.82, 2.24) is 19.3 Å². The first kappa shape index (κ1) is 14.0. The van der Waals surface area contributed by atoms with Gasteiger partial charge in [0.25, 0.3) is 0 Å². The van der Waals surface area contributed by atoms with Crippen LogP contribution in [0, 0.1) is 5.82 Å². The molecule has 1 aromatic heterocycles. The summed E-state index contributed by atoms with van der Waals surface area (Å²) >= 11 is 0. The fourth-order valence-electron chi connectivity index (χ4n) is 2.15. The van der Waals surface area contributed by atoms with E-state index in [0.29, 0.717) is 13.1 Å². The Labute approximate surface area is 121 Å². The predicted molar refractivity (Wildman–Crippen MR) is 70.8 cm³/mol. The van der Waals surface area contributed by atoms with Gasteiger partial charge in [-0.05, 0) is 18.2 Å². The van der Waals surface area contributed by atoms with Gasteiger partial charge in [-0.3, -0.25) is 0 Å². The summed E-state index contributed by atoms with van der Waals surface area (Å²) in [4.78, 5) is -0.0853. The van der Waals surface area contributed by atoms with E-state index in [1.54, 1.807) is 10.9 Å². The Kier molecular flexibility index (Phi) is 3.38. The van der Waals surface area contributed by atoms with Gasteiger partial charge in [-0.2, -0.15) is 4.31 Å². The minimum absolute atomic E-state index is 0.0121. The molecule has 1 aliphatic heterocycles. The number of rotatable bonds is 4. The fraction of sp³-hybridized carbons (Fsp3) is 0.333. The predicted octanol–water partition coefficient (Wildman–Crippen LogP) is 0.671. The van der Waals surface area contributed by atoms with Gasteiger partial charge >= 0.3 is 0 Å². The Bertz CT molecular complexity index is 742. The number of hydrogen-bond acceptors (Lipinski definition) is 5. The second kappa shape index (κ2) is 5.08. The third-order valence-electron chi connectivity index (χ3n) is 3.40. The fourth-order valence-corrected chi connectivity index (χ4v) is 3.68. The van der Waals surface area contributed by atoms with E-state index in [1.165, 1.54) is 29.7 Å². The van der Waals surface area contributed by atoms with E-state index in [-0.39, 0.29) is 16.7 Å². The third-order valence-corrected chi connectivity index (χ3v) is 5.23. The van der Waals surface area contributed by atoms with E-state index in [4.69, 9.17) is 4.74 Å². The van der Waals surface area contributed by atoms with Crippen LogP contribution in [0.25, 0.3) is 0 Å². The molecule has 1 aromatic carbocycles. The Balaban J connectivity index is 1.78. The number of halogens is 1. The van der Waals surface area contributed by atoms with Crippen LogP contribution >= 0.6 is 0 Å². The molecule has 3 rings (SSSR count). The van der Waals surface area contributed by atoms with E-state index in [0.717, 1.165) is 6.07 Å². The SMILES string of the molecule is COc1ccc(S(=O)(=O)N2CC(n3ccnn3)C2)cc1F. The lowest BCUT2D eigenvalue weighted by atomic mass is 10.2. The number of sulfonamides is 1. The lowest BCUT2D eigenvalue weighted by Crippen LogP contribution is -2.50. The Morgan fingerprint density at radius 1 is 1.38 bits per heavy atom. The van der Waals surface area contributed by atoms with Gasteiger partial charge in [0.15, 0.2) is 11.6 Å². The van der Waals surface area contributed by atoms with Crippen molar-refractivity contribution in [1.29, 1.82) is 0 Å².